The molecule has 0 amide bonds. The Morgan fingerprint density at radius 1 is 1.00 bits per heavy atom. The first-order valence-electron chi connectivity index (χ1n) is 9.88. The van der Waals surface area contributed by atoms with Crippen LogP contribution in [0, 0.1) is 0 Å². The standard InChI is InChI=1S/C23H24N4O2/c1-29-22(28)17-10-7-13-19(14-17)24-21-15-20(16-8-3-2-4-9-16)26-23(27-21)25-18-11-5-6-12-18/h2-4,7-10,13-15,18H,5-6,11-12H2,1H3,(H2,24,25,26,27). The molecule has 1 aliphatic rings. The highest BCUT2D eigenvalue weighted by atomic mass is 16.5. The van der Waals surface area contributed by atoms with Gasteiger partial charge in [-0.05, 0) is 31.0 Å². The number of hydrogen-bond donors (Lipinski definition) is 2. The van der Waals surface area contributed by atoms with Gasteiger partial charge in [0.15, 0.2) is 0 Å². The Bertz CT molecular complexity index is 985. The van der Waals surface area contributed by atoms with Crippen molar-refractivity contribution < 1.29 is 9.53 Å². The number of rotatable bonds is 6. The first-order valence-corrected chi connectivity index (χ1v) is 9.88. The number of esters is 1. The SMILES string of the molecule is COC(=O)c1cccc(Nc2cc(-c3ccccc3)nc(NC3CCCC3)n2)c1. The van der Waals surface area contributed by atoms with E-state index >= 15 is 0 Å². The Balaban J connectivity index is 1.65. The maximum Gasteiger partial charge on any atom is 0.337 e. The summed E-state index contributed by atoms with van der Waals surface area (Å²) >= 11 is 0. The summed E-state index contributed by atoms with van der Waals surface area (Å²) in [5, 5.41) is 6.78. The number of methoxy groups -OCH3 is 1. The maximum absolute atomic E-state index is 11.8. The molecule has 1 aromatic heterocycles. The smallest absolute Gasteiger partial charge is 0.337 e. The minimum absolute atomic E-state index is 0.370. The van der Waals surface area contributed by atoms with E-state index in [0.29, 0.717) is 23.4 Å². The van der Waals surface area contributed by atoms with Crippen LogP contribution >= 0.6 is 0 Å². The van der Waals surface area contributed by atoms with Crippen molar-refractivity contribution in [1.29, 1.82) is 0 Å². The number of anilines is 3. The van der Waals surface area contributed by atoms with Gasteiger partial charge in [0.05, 0.1) is 18.4 Å². The van der Waals surface area contributed by atoms with Crippen LogP contribution in [0.1, 0.15) is 36.0 Å². The normalized spacial score (nSPS) is 13.8. The first kappa shape index (κ1) is 18.9. The predicted octanol–water partition coefficient (Wildman–Crippen LogP) is 5.03. The van der Waals surface area contributed by atoms with E-state index in [1.165, 1.54) is 20.0 Å². The molecule has 2 aromatic carbocycles. The molecule has 1 aliphatic carbocycles. The molecule has 4 rings (SSSR count). The van der Waals surface area contributed by atoms with E-state index in [-0.39, 0.29) is 5.97 Å². The quantitative estimate of drug-likeness (QED) is 0.577. The molecule has 6 nitrogen and oxygen atoms in total. The number of nitrogens with one attached hydrogen (secondary N) is 2. The number of nitrogens with zero attached hydrogens (tertiary/aromatic N) is 2. The van der Waals surface area contributed by atoms with E-state index in [2.05, 4.69) is 15.6 Å². The maximum atomic E-state index is 11.8. The van der Waals surface area contributed by atoms with Crippen molar-refractivity contribution in [2.75, 3.05) is 17.7 Å². The molecule has 0 aliphatic heterocycles. The zero-order valence-electron chi connectivity index (χ0n) is 16.4. The summed E-state index contributed by atoms with van der Waals surface area (Å²) in [5.74, 6) is 0.913. The summed E-state index contributed by atoms with van der Waals surface area (Å²) in [4.78, 5) is 21.2. The highest BCUT2D eigenvalue weighted by Crippen LogP contribution is 2.26. The molecule has 1 fully saturated rings. The van der Waals surface area contributed by atoms with Crippen LogP contribution < -0.4 is 10.6 Å². The lowest BCUT2D eigenvalue weighted by molar-refractivity contribution is 0.0601. The third kappa shape index (κ3) is 4.71. The molecule has 3 aromatic rings. The van der Waals surface area contributed by atoms with Gasteiger partial charge in [0.2, 0.25) is 5.95 Å². The fourth-order valence-corrected chi connectivity index (χ4v) is 3.57. The van der Waals surface area contributed by atoms with Crippen LogP contribution in [-0.4, -0.2) is 29.1 Å². The average Bonchev–Trinajstić information content (AvgIpc) is 3.27. The van der Waals surface area contributed by atoms with Gasteiger partial charge in [-0.15, -0.1) is 0 Å². The molecule has 1 heterocycles. The molecular weight excluding hydrogens is 364 g/mol. The van der Waals surface area contributed by atoms with E-state index in [9.17, 15) is 4.79 Å². The molecule has 6 heteroatoms. The number of carbonyl (C=O) groups is 1. The van der Waals surface area contributed by atoms with E-state index in [1.807, 2.05) is 48.5 Å². The number of hydrogen-bond acceptors (Lipinski definition) is 6. The Kier molecular flexibility index (Phi) is 5.70. The molecule has 2 N–H and O–H groups in total. The van der Waals surface area contributed by atoms with Gasteiger partial charge in [0.1, 0.15) is 5.82 Å². The van der Waals surface area contributed by atoms with E-state index in [4.69, 9.17) is 9.72 Å². The van der Waals surface area contributed by atoms with Crippen LogP contribution in [0.4, 0.5) is 17.5 Å². The van der Waals surface area contributed by atoms with Gasteiger partial charge >= 0.3 is 5.97 Å². The molecule has 0 atom stereocenters. The lowest BCUT2D eigenvalue weighted by Gasteiger charge is -2.15. The largest absolute Gasteiger partial charge is 0.465 e. The second-order valence-electron chi connectivity index (χ2n) is 7.15. The van der Waals surface area contributed by atoms with Crippen molar-refractivity contribution >= 4 is 23.4 Å². The van der Waals surface area contributed by atoms with Gasteiger partial charge in [0.25, 0.3) is 0 Å². The molecule has 29 heavy (non-hydrogen) atoms. The van der Waals surface area contributed by atoms with E-state index < -0.39 is 0 Å². The van der Waals surface area contributed by atoms with E-state index in [1.54, 1.807) is 12.1 Å². The lowest BCUT2D eigenvalue weighted by Crippen LogP contribution is -2.17. The van der Waals surface area contributed by atoms with Crippen molar-refractivity contribution in [3.05, 3.63) is 66.2 Å². The van der Waals surface area contributed by atoms with Crippen molar-refractivity contribution in [1.82, 2.24) is 9.97 Å². The Hall–Kier alpha value is -3.41. The minimum atomic E-state index is -0.370. The van der Waals surface area contributed by atoms with Crippen LogP contribution in [0.2, 0.25) is 0 Å². The summed E-state index contributed by atoms with van der Waals surface area (Å²) in [6.45, 7) is 0. The monoisotopic (exact) mass is 388 g/mol. The number of carbonyl (C=O) groups excluding carboxylic acids is 1. The van der Waals surface area contributed by atoms with Gasteiger partial charge in [-0.25, -0.2) is 9.78 Å². The number of benzene rings is 2. The van der Waals surface area contributed by atoms with E-state index in [0.717, 1.165) is 29.8 Å². The lowest BCUT2D eigenvalue weighted by atomic mass is 10.1. The average molecular weight is 388 g/mol. The third-order valence-electron chi connectivity index (χ3n) is 5.04. The van der Waals surface area contributed by atoms with Crippen LogP contribution in [-0.2, 0) is 4.74 Å². The fourth-order valence-electron chi connectivity index (χ4n) is 3.57. The van der Waals surface area contributed by atoms with Crippen LogP contribution in [0.3, 0.4) is 0 Å². The minimum Gasteiger partial charge on any atom is -0.465 e. The van der Waals surface area contributed by atoms with Crippen molar-refractivity contribution in [3.63, 3.8) is 0 Å². The molecule has 148 valence electrons. The van der Waals surface area contributed by atoms with Gasteiger partial charge in [0, 0.05) is 23.4 Å². The van der Waals surface area contributed by atoms with Crippen LogP contribution in [0.5, 0.6) is 0 Å². The number of ether oxygens (including phenoxy) is 1. The first-order chi connectivity index (χ1) is 14.2. The summed E-state index contributed by atoms with van der Waals surface area (Å²) in [7, 11) is 1.37. The van der Waals surface area contributed by atoms with Crippen molar-refractivity contribution in [2.45, 2.75) is 31.7 Å². The Morgan fingerprint density at radius 3 is 2.55 bits per heavy atom. The predicted molar refractivity (Wildman–Crippen MR) is 114 cm³/mol. The molecule has 0 saturated heterocycles. The fraction of sp³-hybridized carbons (Fsp3) is 0.261. The summed E-state index contributed by atoms with van der Waals surface area (Å²) in [6, 6.07) is 19.5. The van der Waals surface area contributed by atoms with Crippen LogP contribution in [0.25, 0.3) is 11.3 Å². The van der Waals surface area contributed by atoms with Crippen molar-refractivity contribution in [3.8, 4) is 11.3 Å². The molecule has 0 radical (unpaired) electrons. The molecule has 0 spiro atoms. The third-order valence-corrected chi connectivity index (χ3v) is 5.04. The Morgan fingerprint density at radius 2 is 1.79 bits per heavy atom. The molecule has 1 saturated carbocycles. The van der Waals surface area contributed by atoms with Crippen molar-refractivity contribution in [2.24, 2.45) is 0 Å². The zero-order chi connectivity index (χ0) is 20.1. The van der Waals surface area contributed by atoms with Gasteiger partial charge in [-0.1, -0.05) is 49.2 Å². The summed E-state index contributed by atoms with van der Waals surface area (Å²) in [6.07, 6.45) is 4.76. The van der Waals surface area contributed by atoms with Gasteiger partial charge < -0.3 is 15.4 Å². The molecule has 0 unspecified atom stereocenters. The molecular formula is C23H24N4O2. The zero-order valence-corrected chi connectivity index (χ0v) is 16.4. The highest BCUT2D eigenvalue weighted by molar-refractivity contribution is 5.90. The second kappa shape index (κ2) is 8.73. The van der Waals surface area contributed by atoms with Gasteiger partial charge in [-0.2, -0.15) is 4.98 Å². The number of aromatic nitrogens is 2. The Labute approximate surface area is 170 Å². The topological polar surface area (TPSA) is 76.1 Å². The highest BCUT2D eigenvalue weighted by Gasteiger charge is 2.17. The summed E-state index contributed by atoms with van der Waals surface area (Å²) < 4.78 is 4.81. The molecule has 0 bridgehead atoms. The second-order valence-corrected chi connectivity index (χ2v) is 7.15. The summed E-state index contributed by atoms with van der Waals surface area (Å²) in [5.41, 5.74) is 3.11. The van der Waals surface area contributed by atoms with Crippen LogP contribution in [0.15, 0.2) is 60.7 Å². The van der Waals surface area contributed by atoms with Gasteiger partial charge in [-0.3, -0.25) is 0 Å².